The van der Waals surface area contributed by atoms with Crippen molar-refractivity contribution in [1.82, 2.24) is 15.3 Å². The van der Waals surface area contributed by atoms with Crippen LogP contribution in [0.3, 0.4) is 0 Å². The molecule has 1 heterocycles. The van der Waals surface area contributed by atoms with Crippen LogP contribution >= 0.6 is 0 Å². The summed E-state index contributed by atoms with van der Waals surface area (Å²) in [7, 11) is -0.0507. The van der Waals surface area contributed by atoms with Gasteiger partial charge in [-0.1, -0.05) is 22.2 Å². The molecule has 0 fully saturated rings. The minimum atomic E-state index is -2.85. The number of carbonyl (C=O) groups excluding carboxylic acids is 1. The molecule has 1 aromatic heterocycles. The third-order valence-electron chi connectivity index (χ3n) is 4.35. The molecule has 0 aliphatic heterocycles. The van der Waals surface area contributed by atoms with Gasteiger partial charge in [0.2, 0.25) is 5.95 Å². The topological polar surface area (TPSA) is 109 Å². The molecule has 3 aromatic rings. The number of methoxy groups -OCH3 is 1. The van der Waals surface area contributed by atoms with Crippen molar-refractivity contribution in [3.63, 3.8) is 0 Å². The van der Waals surface area contributed by atoms with Crippen molar-refractivity contribution in [3.8, 4) is 17.0 Å². The average molecular weight is 464 g/mol. The van der Waals surface area contributed by atoms with Gasteiger partial charge in [-0.3, -0.25) is 0 Å². The molecule has 2 amide bonds. The number of rotatable bonds is 6. The van der Waals surface area contributed by atoms with Crippen LogP contribution in [0.1, 0.15) is 5.56 Å². The fraction of sp³-hybridized carbons (Fsp3) is 0.190. The highest BCUT2D eigenvalue weighted by molar-refractivity contribution is 7.98. The molecular weight excluding hydrogens is 440 g/mol. The summed E-state index contributed by atoms with van der Waals surface area (Å²) in [4.78, 5) is 19.6. The lowest BCUT2D eigenvalue weighted by Crippen LogP contribution is -2.19. The molecule has 32 heavy (non-hydrogen) atoms. The van der Waals surface area contributed by atoms with Gasteiger partial charge in [-0.05, 0) is 36.1 Å². The second-order valence-corrected chi connectivity index (χ2v) is 9.66. The molecule has 170 valence electrons. The first kappa shape index (κ1) is 23.2. The van der Waals surface area contributed by atoms with Crippen LogP contribution in [0.15, 0.2) is 53.0 Å². The summed E-state index contributed by atoms with van der Waals surface area (Å²) < 4.78 is 47.3. The van der Waals surface area contributed by atoms with Crippen LogP contribution in [0, 0.1) is 11.6 Å². The van der Waals surface area contributed by atoms with Gasteiger partial charge in [-0.2, -0.15) is 4.36 Å². The number of carbonyl (C=O) groups is 1. The molecule has 2 aromatic carbocycles. The third-order valence-corrected chi connectivity index (χ3v) is 5.92. The van der Waals surface area contributed by atoms with Crippen LogP contribution in [0.25, 0.3) is 11.3 Å². The van der Waals surface area contributed by atoms with Crippen LogP contribution in [0.2, 0.25) is 0 Å². The largest absolute Gasteiger partial charge is 0.496 e. The fourth-order valence-electron chi connectivity index (χ4n) is 2.98. The zero-order chi connectivity index (χ0) is 23.3. The highest BCUT2D eigenvalue weighted by Gasteiger charge is 2.15. The highest BCUT2D eigenvalue weighted by Crippen LogP contribution is 2.31. The van der Waals surface area contributed by atoms with E-state index >= 15 is 0 Å². The SMILES string of the molecule is CNC(=O)N=[SH](C)(O)Cc1cccc(Nc2ncc(F)c(-c3ccc(F)cc3OC)n2)c1. The quantitative estimate of drug-likeness (QED) is 0.408. The number of urea groups is 1. The molecule has 3 N–H and O–H groups in total. The van der Waals surface area contributed by atoms with Gasteiger partial charge in [-0.25, -0.2) is 23.5 Å². The number of nitrogens with zero attached hydrogens (tertiary/aromatic N) is 3. The Balaban J connectivity index is 1.88. The minimum absolute atomic E-state index is 0.0475. The second kappa shape index (κ2) is 9.79. The number of aromatic nitrogens is 2. The summed E-state index contributed by atoms with van der Waals surface area (Å²) >= 11 is 0. The molecule has 11 heteroatoms. The van der Waals surface area contributed by atoms with Gasteiger partial charge in [0.1, 0.15) is 17.3 Å². The molecule has 0 aliphatic carbocycles. The minimum Gasteiger partial charge on any atom is -0.496 e. The summed E-state index contributed by atoms with van der Waals surface area (Å²) in [6, 6.07) is 10.2. The van der Waals surface area contributed by atoms with Crippen molar-refractivity contribution >= 4 is 27.8 Å². The maximum Gasteiger partial charge on any atom is 0.346 e. The Morgan fingerprint density at radius 1 is 1.25 bits per heavy atom. The normalized spacial score (nSPS) is 11.6. The van der Waals surface area contributed by atoms with Crippen LogP contribution < -0.4 is 15.4 Å². The highest BCUT2D eigenvalue weighted by atomic mass is 32.3. The van der Waals surface area contributed by atoms with E-state index in [9.17, 15) is 18.1 Å². The molecule has 3 rings (SSSR count). The molecule has 0 atom stereocenters. The van der Waals surface area contributed by atoms with E-state index in [1.807, 2.05) is 0 Å². The van der Waals surface area contributed by atoms with Crippen molar-refractivity contribution in [1.29, 1.82) is 0 Å². The van der Waals surface area contributed by atoms with Gasteiger partial charge in [0.25, 0.3) is 0 Å². The zero-order valence-corrected chi connectivity index (χ0v) is 18.5. The number of hydrogen-bond acceptors (Lipinski definition) is 5. The maximum atomic E-state index is 14.4. The van der Waals surface area contributed by atoms with E-state index in [1.165, 1.54) is 32.5 Å². The van der Waals surface area contributed by atoms with E-state index in [0.717, 1.165) is 17.8 Å². The van der Waals surface area contributed by atoms with Crippen molar-refractivity contribution < 1.29 is 22.9 Å². The first-order chi connectivity index (χ1) is 15.2. The van der Waals surface area contributed by atoms with Gasteiger partial charge in [0, 0.05) is 30.1 Å². The summed E-state index contributed by atoms with van der Waals surface area (Å²) in [6.45, 7) is 0. The van der Waals surface area contributed by atoms with E-state index in [-0.39, 0.29) is 28.7 Å². The number of ether oxygens (including phenoxy) is 1. The number of thiol groups is 1. The Morgan fingerprint density at radius 3 is 2.75 bits per heavy atom. The standard InChI is InChI=1S/C21H23F2N5O3S/c1-24-21(29)28-32(3,30)12-13-5-4-6-15(9-13)26-20-25-11-17(23)19(27-20)16-8-7-14(22)10-18(16)31-2/h4-11,32H,12H2,1-3H3,(H,25,26,27)(H2,24,28,29,30). The van der Waals surface area contributed by atoms with Gasteiger partial charge in [0.05, 0.1) is 13.3 Å². The number of amides is 2. The predicted octanol–water partition coefficient (Wildman–Crippen LogP) is 4.19. The van der Waals surface area contributed by atoms with Crippen molar-refractivity contribution in [3.05, 3.63) is 65.9 Å². The molecule has 0 aliphatic rings. The molecule has 0 spiro atoms. The van der Waals surface area contributed by atoms with Crippen LogP contribution in [0.4, 0.5) is 25.2 Å². The van der Waals surface area contributed by atoms with E-state index in [2.05, 4.69) is 25.0 Å². The van der Waals surface area contributed by atoms with Crippen LogP contribution in [-0.2, 0) is 15.9 Å². The third kappa shape index (κ3) is 5.83. The molecule has 0 bridgehead atoms. The van der Waals surface area contributed by atoms with Crippen molar-refractivity contribution in [2.45, 2.75) is 5.75 Å². The summed E-state index contributed by atoms with van der Waals surface area (Å²) in [5, 5.41) is 5.34. The van der Waals surface area contributed by atoms with Gasteiger partial charge >= 0.3 is 6.03 Å². The van der Waals surface area contributed by atoms with E-state index in [0.29, 0.717) is 5.69 Å². The Kier molecular flexibility index (Phi) is 7.11. The monoisotopic (exact) mass is 463 g/mol. The Bertz CT molecular complexity index is 1200. The van der Waals surface area contributed by atoms with Gasteiger partial charge in [0.15, 0.2) is 5.82 Å². The Hall–Kier alpha value is -3.44. The summed E-state index contributed by atoms with van der Waals surface area (Å²) in [6.07, 6.45) is 2.55. The van der Waals surface area contributed by atoms with Gasteiger partial charge in [-0.15, -0.1) is 0 Å². The van der Waals surface area contributed by atoms with Crippen molar-refractivity contribution in [2.75, 3.05) is 25.7 Å². The summed E-state index contributed by atoms with van der Waals surface area (Å²) in [5.41, 5.74) is 1.56. The van der Waals surface area contributed by atoms with E-state index in [1.54, 1.807) is 24.3 Å². The number of hydrogen-bond donors (Lipinski definition) is 4. The van der Waals surface area contributed by atoms with E-state index in [4.69, 9.17) is 4.74 Å². The lowest BCUT2D eigenvalue weighted by atomic mass is 10.1. The first-order valence-electron chi connectivity index (χ1n) is 9.46. The second-order valence-electron chi connectivity index (χ2n) is 6.96. The Labute approximate surface area is 185 Å². The number of anilines is 2. The van der Waals surface area contributed by atoms with E-state index < -0.39 is 27.8 Å². The molecular formula is C21H23F2N5O3S. The summed E-state index contributed by atoms with van der Waals surface area (Å²) in [5.74, 6) is -0.760. The molecule has 0 saturated heterocycles. The smallest absolute Gasteiger partial charge is 0.346 e. The fourth-order valence-corrected chi connectivity index (χ4v) is 4.43. The number of benzene rings is 2. The average Bonchev–Trinajstić information content (AvgIpc) is 2.74. The van der Waals surface area contributed by atoms with Crippen LogP contribution in [0.5, 0.6) is 5.75 Å². The first-order valence-corrected chi connectivity index (χ1v) is 11.8. The predicted molar refractivity (Wildman–Crippen MR) is 122 cm³/mol. The molecule has 0 radical (unpaired) electrons. The maximum absolute atomic E-state index is 14.4. The lowest BCUT2D eigenvalue weighted by molar-refractivity contribution is 0.251. The number of nitrogens with one attached hydrogen (secondary N) is 2. The molecule has 8 nitrogen and oxygen atoms in total. The molecule has 0 saturated carbocycles. The molecule has 0 unspecified atom stereocenters. The van der Waals surface area contributed by atoms with Crippen molar-refractivity contribution in [2.24, 2.45) is 4.36 Å². The van der Waals surface area contributed by atoms with Gasteiger partial charge < -0.3 is 19.9 Å². The zero-order valence-electron chi connectivity index (χ0n) is 17.6. The Morgan fingerprint density at radius 2 is 2.03 bits per heavy atom. The van der Waals surface area contributed by atoms with Crippen LogP contribution in [-0.4, -0.2) is 41.0 Å². The number of halogens is 2. The lowest BCUT2D eigenvalue weighted by Gasteiger charge is -2.18.